The van der Waals surface area contributed by atoms with Gasteiger partial charge in [-0.05, 0) is 33.6 Å². The van der Waals surface area contributed by atoms with Crippen LogP contribution in [0.2, 0.25) is 0 Å². The maximum atomic E-state index is 11.9. The summed E-state index contributed by atoms with van der Waals surface area (Å²) in [7, 11) is 0. The molecule has 2 fully saturated rings. The quantitative estimate of drug-likeness (QED) is 0.587. The number of carbonyl (C=O) groups is 1. The lowest BCUT2D eigenvalue weighted by atomic mass is 9.94. The van der Waals surface area contributed by atoms with Gasteiger partial charge in [0.1, 0.15) is 5.60 Å². The molecule has 1 atom stereocenters. The summed E-state index contributed by atoms with van der Waals surface area (Å²) in [4.78, 5) is 13.6. The van der Waals surface area contributed by atoms with E-state index in [4.69, 9.17) is 11.2 Å². The molecule has 0 aromatic heterocycles. The standard InChI is InChI=1S/C13H19NO2/c1-5-10-8-14(9-13(10)6-7-13)11(15)16-12(2,3)4/h1,10H,6-9H2,2-4H3. The average Bonchev–Trinajstić information content (AvgIpc) is 2.77. The fourth-order valence-corrected chi connectivity index (χ4v) is 2.33. The number of nitrogens with zero attached hydrogens (tertiary/aromatic N) is 1. The predicted molar refractivity (Wildman–Crippen MR) is 61.8 cm³/mol. The van der Waals surface area contributed by atoms with Gasteiger partial charge in [-0.2, -0.15) is 0 Å². The van der Waals surface area contributed by atoms with Crippen LogP contribution in [-0.4, -0.2) is 29.7 Å². The van der Waals surface area contributed by atoms with Crippen LogP contribution in [0, 0.1) is 23.7 Å². The highest BCUT2D eigenvalue weighted by molar-refractivity contribution is 5.69. The Morgan fingerprint density at radius 3 is 2.50 bits per heavy atom. The maximum Gasteiger partial charge on any atom is 0.410 e. The van der Waals surface area contributed by atoms with Gasteiger partial charge in [-0.3, -0.25) is 0 Å². The number of terminal acetylenes is 1. The zero-order valence-corrected chi connectivity index (χ0v) is 10.2. The Labute approximate surface area is 97.1 Å². The summed E-state index contributed by atoms with van der Waals surface area (Å²) in [6, 6.07) is 0. The highest BCUT2D eigenvalue weighted by Crippen LogP contribution is 2.56. The van der Waals surface area contributed by atoms with E-state index in [1.807, 2.05) is 20.8 Å². The third-order valence-corrected chi connectivity index (χ3v) is 3.39. The summed E-state index contributed by atoms with van der Waals surface area (Å²) in [5.41, 5.74) is -0.201. The second-order valence-corrected chi connectivity index (χ2v) is 5.94. The third kappa shape index (κ3) is 2.02. The van der Waals surface area contributed by atoms with Crippen LogP contribution in [0.5, 0.6) is 0 Å². The Bertz CT molecular complexity index is 344. The molecular weight excluding hydrogens is 202 g/mol. The van der Waals surface area contributed by atoms with Crippen LogP contribution < -0.4 is 0 Å². The van der Waals surface area contributed by atoms with Crippen molar-refractivity contribution in [2.75, 3.05) is 13.1 Å². The fraction of sp³-hybridized carbons (Fsp3) is 0.769. The molecule has 16 heavy (non-hydrogen) atoms. The molecule has 0 bridgehead atoms. The molecule has 0 radical (unpaired) electrons. The summed E-state index contributed by atoms with van der Waals surface area (Å²) in [6.07, 6.45) is 7.59. The number of hydrogen-bond donors (Lipinski definition) is 0. The Morgan fingerprint density at radius 1 is 1.50 bits per heavy atom. The molecule has 88 valence electrons. The predicted octanol–water partition coefficient (Wildman–Crippen LogP) is 2.27. The first kappa shape index (κ1) is 11.3. The molecule has 2 rings (SSSR count). The van der Waals surface area contributed by atoms with Crippen LogP contribution in [0.3, 0.4) is 0 Å². The minimum absolute atomic E-state index is 0.222. The van der Waals surface area contributed by atoms with Crippen molar-refractivity contribution >= 4 is 6.09 Å². The molecule has 1 unspecified atom stereocenters. The fourth-order valence-electron chi connectivity index (χ4n) is 2.33. The van der Waals surface area contributed by atoms with E-state index in [1.165, 1.54) is 0 Å². The molecule has 0 aromatic rings. The number of likely N-dealkylation sites (tertiary alicyclic amines) is 1. The average molecular weight is 221 g/mol. The number of ether oxygens (including phenoxy) is 1. The normalized spacial score (nSPS) is 26.6. The topological polar surface area (TPSA) is 29.5 Å². The Hall–Kier alpha value is -1.17. The van der Waals surface area contributed by atoms with Crippen LogP contribution in [0.4, 0.5) is 4.79 Å². The summed E-state index contributed by atoms with van der Waals surface area (Å²) >= 11 is 0. The van der Waals surface area contributed by atoms with Crippen LogP contribution >= 0.6 is 0 Å². The second-order valence-electron chi connectivity index (χ2n) is 5.94. The van der Waals surface area contributed by atoms with Gasteiger partial charge in [0.2, 0.25) is 0 Å². The monoisotopic (exact) mass is 221 g/mol. The lowest BCUT2D eigenvalue weighted by Crippen LogP contribution is -2.35. The summed E-state index contributed by atoms with van der Waals surface area (Å²) in [5, 5.41) is 0. The largest absolute Gasteiger partial charge is 0.444 e. The molecule has 2 aliphatic rings. The minimum Gasteiger partial charge on any atom is -0.444 e. The lowest BCUT2D eigenvalue weighted by Gasteiger charge is -2.24. The lowest BCUT2D eigenvalue weighted by molar-refractivity contribution is 0.0284. The molecule has 1 aliphatic carbocycles. The van der Waals surface area contributed by atoms with Crippen molar-refractivity contribution in [3.63, 3.8) is 0 Å². The zero-order valence-electron chi connectivity index (χ0n) is 10.2. The summed E-state index contributed by atoms with van der Waals surface area (Å²) in [5.74, 6) is 3.04. The molecule has 1 heterocycles. The molecule has 0 N–H and O–H groups in total. The number of rotatable bonds is 0. The van der Waals surface area contributed by atoms with Crippen LogP contribution in [-0.2, 0) is 4.74 Å². The highest BCUT2D eigenvalue weighted by Gasteiger charge is 2.55. The van der Waals surface area contributed by atoms with Gasteiger partial charge >= 0.3 is 6.09 Å². The van der Waals surface area contributed by atoms with E-state index in [0.717, 1.165) is 19.4 Å². The van der Waals surface area contributed by atoms with Gasteiger partial charge in [0, 0.05) is 24.4 Å². The van der Waals surface area contributed by atoms with Gasteiger partial charge in [0.25, 0.3) is 0 Å². The molecule has 1 spiro atoms. The van der Waals surface area contributed by atoms with Crippen LogP contribution in [0.25, 0.3) is 0 Å². The van der Waals surface area contributed by atoms with E-state index in [9.17, 15) is 4.79 Å². The zero-order chi connectivity index (χ0) is 12.0. The van der Waals surface area contributed by atoms with Crippen LogP contribution in [0.15, 0.2) is 0 Å². The van der Waals surface area contributed by atoms with Gasteiger partial charge in [-0.1, -0.05) is 0 Å². The molecule has 0 aromatic carbocycles. The summed E-state index contributed by atoms with van der Waals surface area (Å²) in [6.45, 7) is 7.08. The van der Waals surface area contributed by atoms with Gasteiger partial charge in [-0.25, -0.2) is 4.79 Å². The van der Waals surface area contributed by atoms with Crippen molar-refractivity contribution in [3.8, 4) is 12.3 Å². The third-order valence-electron chi connectivity index (χ3n) is 3.39. The minimum atomic E-state index is -0.429. The van der Waals surface area contributed by atoms with E-state index in [2.05, 4.69) is 5.92 Å². The number of carbonyl (C=O) groups excluding carboxylic acids is 1. The molecule has 3 nitrogen and oxygen atoms in total. The Morgan fingerprint density at radius 2 is 2.12 bits per heavy atom. The SMILES string of the molecule is C#CC1CN(C(=O)OC(C)(C)C)CC12CC2. The molecule has 1 aliphatic heterocycles. The molecule has 1 amide bonds. The van der Waals surface area contributed by atoms with Crippen molar-refractivity contribution in [2.45, 2.75) is 39.2 Å². The Kier molecular flexibility index (Phi) is 2.41. The van der Waals surface area contributed by atoms with Gasteiger partial charge < -0.3 is 9.64 Å². The Balaban J connectivity index is 1.99. The number of hydrogen-bond acceptors (Lipinski definition) is 2. The van der Waals surface area contributed by atoms with Crippen molar-refractivity contribution in [2.24, 2.45) is 11.3 Å². The van der Waals surface area contributed by atoms with E-state index in [1.54, 1.807) is 4.90 Å². The first-order valence-electron chi connectivity index (χ1n) is 5.80. The van der Waals surface area contributed by atoms with Crippen molar-refractivity contribution in [3.05, 3.63) is 0 Å². The summed E-state index contributed by atoms with van der Waals surface area (Å²) < 4.78 is 5.35. The van der Waals surface area contributed by atoms with E-state index < -0.39 is 5.60 Å². The van der Waals surface area contributed by atoms with E-state index >= 15 is 0 Å². The molecule has 1 saturated carbocycles. The van der Waals surface area contributed by atoms with Crippen LogP contribution in [0.1, 0.15) is 33.6 Å². The maximum absolute atomic E-state index is 11.9. The number of amides is 1. The van der Waals surface area contributed by atoms with Crippen molar-refractivity contribution in [1.82, 2.24) is 4.90 Å². The molecular formula is C13H19NO2. The van der Waals surface area contributed by atoms with Crippen molar-refractivity contribution in [1.29, 1.82) is 0 Å². The first-order chi connectivity index (χ1) is 7.36. The first-order valence-corrected chi connectivity index (χ1v) is 5.80. The smallest absolute Gasteiger partial charge is 0.410 e. The highest BCUT2D eigenvalue weighted by atomic mass is 16.6. The molecule has 1 saturated heterocycles. The molecule has 3 heteroatoms. The van der Waals surface area contributed by atoms with E-state index in [-0.39, 0.29) is 17.4 Å². The van der Waals surface area contributed by atoms with Crippen molar-refractivity contribution < 1.29 is 9.53 Å². The van der Waals surface area contributed by atoms with Gasteiger partial charge in [-0.15, -0.1) is 12.3 Å². The second kappa shape index (κ2) is 3.41. The van der Waals surface area contributed by atoms with Gasteiger partial charge in [0.15, 0.2) is 0 Å². The van der Waals surface area contributed by atoms with Gasteiger partial charge in [0.05, 0.1) is 0 Å². The van der Waals surface area contributed by atoms with E-state index in [0.29, 0.717) is 6.54 Å².